The van der Waals surface area contributed by atoms with E-state index in [1.165, 1.54) is 0 Å². The average molecular weight is 445 g/mol. The Bertz CT molecular complexity index is 1070. The number of sulfone groups is 1. The largest absolute Gasteiger partial charge is 0.486 e. The molecule has 0 aliphatic carbocycles. The second-order valence-corrected chi connectivity index (χ2v) is 9.62. The van der Waals surface area contributed by atoms with Crippen molar-refractivity contribution < 1.29 is 27.5 Å². The highest BCUT2D eigenvalue weighted by molar-refractivity contribution is 7.91. The van der Waals surface area contributed by atoms with Crippen LogP contribution >= 0.6 is 0 Å². The Morgan fingerprint density at radius 2 is 1.81 bits per heavy atom. The van der Waals surface area contributed by atoms with Crippen LogP contribution in [0.1, 0.15) is 12.8 Å². The minimum Gasteiger partial charge on any atom is -0.486 e. The highest BCUT2D eigenvalue weighted by Crippen LogP contribution is 2.35. The van der Waals surface area contributed by atoms with Gasteiger partial charge in [-0.05, 0) is 30.7 Å². The number of hydrogen-bond donors (Lipinski definition) is 1. The van der Waals surface area contributed by atoms with Crippen molar-refractivity contribution in [1.82, 2.24) is 5.32 Å². The van der Waals surface area contributed by atoms with Gasteiger partial charge in [0.1, 0.15) is 13.2 Å². The van der Waals surface area contributed by atoms with Gasteiger partial charge < -0.3 is 19.7 Å². The third kappa shape index (κ3) is 4.82. The lowest BCUT2D eigenvalue weighted by atomic mass is 10.1. The van der Waals surface area contributed by atoms with E-state index in [9.17, 15) is 18.0 Å². The monoisotopic (exact) mass is 444 g/mol. The summed E-state index contributed by atoms with van der Waals surface area (Å²) in [6.07, 6.45) is 0.415. The van der Waals surface area contributed by atoms with Gasteiger partial charge in [-0.2, -0.15) is 0 Å². The molecule has 2 aromatic rings. The quantitative estimate of drug-likeness (QED) is 0.654. The van der Waals surface area contributed by atoms with Gasteiger partial charge in [0.25, 0.3) is 0 Å². The highest BCUT2D eigenvalue weighted by Gasteiger charge is 2.35. The van der Waals surface area contributed by atoms with Crippen LogP contribution in [-0.2, 0) is 19.4 Å². The summed E-state index contributed by atoms with van der Waals surface area (Å²) in [5.41, 5.74) is 0.665. The van der Waals surface area contributed by atoms with Crippen LogP contribution in [0.5, 0.6) is 11.5 Å². The van der Waals surface area contributed by atoms with E-state index >= 15 is 0 Å². The first-order valence-electron chi connectivity index (χ1n) is 10.2. The normalized spacial score (nSPS) is 18.1. The van der Waals surface area contributed by atoms with Gasteiger partial charge in [-0.15, -0.1) is 0 Å². The standard InChI is InChI=1S/C22H24N2O6S/c25-21-13-16(15-24(21)17-7-8-19-20(14-17)30-11-10-29-19)22(26)23-9-4-12-31(27,28)18-5-2-1-3-6-18/h1-3,5-8,14,16H,4,9-13,15H2,(H,23,26). The Kier molecular flexibility index (Phi) is 6.13. The number of anilines is 1. The van der Waals surface area contributed by atoms with Gasteiger partial charge >= 0.3 is 0 Å². The third-order valence-electron chi connectivity index (χ3n) is 5.32. The molecular formula is C22H24N2O6S. The van der Waals surface area contributed by atoms with Crippen molar-refractivity contribution in [3.8, 4) is 11.5 Å². The Balaban J connectivity index is 1.29. The highest BCUT2D eigenvalue weighted by atomic mass is 32.2. The molecule has 2 amide bonds. The van der Waals surface area contributed by atoms with E-state index in [1.807, 2.05) is 0 Å². The molecule has 0 bridgehead atoms. The molecule has 31 heavy (non-hydrogen) atoms. The number of ether oxygens (including phenoxy) is 2. The molecule has 1 fully saturated rings. The molecule has 0 spiro atoms. The maximum Gasteiger partial charge on any atom is 0.227 e. The second kappa shape index (κ2) is 8.97. The van der Waals surface area contributed by atoms with Crippen molar-refractivity contribution in [2.45, 2.75) is 17.7 Å². The smallest absolute Gasteiger partial charge is 0.227 e. The van der Waals surface area contributed by atoms with E-state index in [-0.39, 0.29) is 42.0 Å². The van der Waals surface area contributed by atoms with Crippen LogP contribution < -0.4 is 19.7 Å². The van der Waals surface area contributed by atoms with E-state index in [4.69, 9.17) is 9.47 Å². The van der Waals surface area contributed by atoms with E-state index in [0.717, 1.165) is 0 Å². The Morgan fingerprint density at radius 3 is 2.58 bits per heavy atom. The fourth-order valence-corrected chi connectivity index (χ4v) is 5.03. The summed E-state index contributed by atoms with van der Waals surface area (Å²) in [6, 6.07) is 13.5. The van der Waals surface area contributed by atoms with Crippen LogP contribution in [-0.4, -0.2) is 52.3 Å². The number of hydrogen-bond acceptors (Lipinski definition) is 6. The van der Waals surface area contributed by atoms with Gasteiger partial charge in [-0.3, -0.25) is 9.59 Å². The van der Waals surface area contributed by atoms with Crippen molar-refractivity contribution >= 4 is 27.3 Å². The molecule has 1 unspecified atom stereocenters. The van der Waals surface area contributed by atoms with Gasteiger partial charge in [-0.1, -0.05) is 18.2 Å². The molecule has 9 heteroatoms. The van der Waals surface area contributed by atoms with Crippen LogP contribution in [0, 0.1) is 5.92 Å². The van der Waals surface area contributed by atoms with Gasteiger partial charge in [0.05, 0.1) is 16.6 Å². The number of nitrogens with zero attached hydrogens (tertiary/aromatic N) is 1. The lowest BCUT2D eigenvalue weighted by Crippen LogP contribution is -2.34. The molecular weight excluding hydrogens is 420 g/mol. The summed E-state index contributed by atoms with van der Waals surface area (Å²) in [6.45, 7) is 1.45. The van der Waals surface area contributed by atoms with Gasteiger partial charge in [0.15, 0.2) is 21.3 Å². The third-order valence-corrected chi connectivity index (χ3v) is 7.14. The zero-order chi connectivity index (χ0) is 21.8. The zero-order valence-electron chi connectivity index (χ0n) is 17.0. The number of nitrogens with one attached hydrogen (secondary N) is 1. The number of carbonyl (C=O) groups excluding carboxylic acids is 2. The van der Waals surface area contributed by atoms with Crippen LogP contribution in [0.2, 0.25) is 0 Å². The minimum atomic E-state index is -3.37. The number of carbonyl (C=O) groups is 2. The maximum absolute atomic E-state index is 12.5. The van der Waals surface area contributed by atoms with Gasteiger partial charge in [0.2, 0.25) is 11.8 Å². The van der Waals surface area contributed by atoms with Crippen LogP contribution in [0.3, 0.4) is 0 Å². The molecule has 8 nitrogen and oxygen atoms in total. The SMILES string of the molecule is O=C(NCCCS(=O)(=O)c1ccccc1)C1CC(=O)N(c2ccc3c(c2)OCCO3)C1. The van der Waals surface area contributed by atoms with Crippen molar-refractivity contribution in [3.05, 3.63) is 48.5 Å². The van der Waals surface area contributed by atoms with Gasteiger partial charge in [-0.25, -0.2) is 8.42 Å². The Hall–Kier alpha value is -3.07. The van der Waals surface area contributed by atoms with Crippen molar-refractivity contribution in [3.63, 3.8) is 0 Å². The van der Waals surface area contributed by atoms with Crippen molar-refractivity contribution in [2.75, 3.05) is 37.0 Å². The number of benzene rings is 2. The van der Waals surface area contributed by atoms with Gasteiger partial charge in [0, 0.05) is 31.3 Å². The van der Waals surface area contributed by atoms with Crippen LogP contribution in [0.25, 0.3) is 0 Å². The number of amides is 2. The van der Waals surface area contributed by atoms with E-state index in [0.29, 0.717) is 36.8 Å². The average Bonchev–Trinajstić information content (AvgIpc) is 3.18. The summed E-state index contributed by atoms with van der Waals surface area (Å²) in [7, 11) is -3.37. The molecule has 164 valence electrons. The van der Waals surface area contributed by atoms with Crippen molar-refractivity contribution in [1.29, 1.82) is 0 Å². The van der Waals surface area contributed by atoms with E-state index in [1.54, 1.807) is 53.4 Å². The molecule has 2 aliphatic heterocycles. The van der Waals surface area contributed by atoms with Crippen LogP contribution in [0.4, 0.5) is 5.69 Å². The zero-order valence-corrected chi connectivity index (χ0v) is 17.8. The first-order valence-corrected chi connectivity index (χ1v) is 11.8. The Labute approximate surface area is 181 Å². The fraction of sp³-hybridized carbons (Fsp3) is 0.364. The predicted octanol–water partition coefficient (Wildman–Crippen LogP) is 1.79. The summed E-state index contributed by atoms with van der Waals surface area (Å²) >= 11 is 0. The number of rotatable bonds is 7. The molecule has 2 aliphatic rings. The maximum atomic E-state index is 12.5. The number of fused-ring (bicyclic) bond motifs is 1. The molecule has 1 N–H and O–H groups in total. The molecule has 1 atom stereocenters. The molecule has 4 rings (SSSR count). The minimum absolute atomic E-state index is 0.0514. The summed E-state index contributed by atoms with van der Waals surface area (Å²) in [5.74, 6) is 0.315. The molecule has 2 aromatic carbocycles. The van der Waals surface area contributed by atoms with E-state index < -0.39 is 15.8 Å². The molecule has 1 saturated heterocycles. The first kappa shape index (κ1) is 21.2. The Morgan fingerprint density at radius 1 is 1.06 bits per heavy atom. The van der Waals surface area contributed by atoms with Crippen LogP contribution in [0.15, 0.2) is 53.4 Å². The summed E-state index contributed by atoms with van der Waals surface area (Å²) in [4.78, 5) is 26.8. The lowest BCUT2D eigenvalue weighted by Gasteiger charge is -2.22. The summed E-state index contributed by atoms with van der Waals surface area (Å²) < 4.78 is 35.7. The predicted molar refractivity (Wildman–Crippen MR) is 114 cm³/mol. The molecule has 2 heterocycles. The van der Waals surface area contributed by atoms with E-state index in [2.05, 4.69) is 5.32 Å². The summed E-state index contributed by atoms with van der Waals surface area (Å²) in [5, 5.41) is 2.76. The molecule has 0 aromatic heterocycles. The first-order chi connectivity index (χ1) is 14.9. The second-order valence-electron chi connectivity index (χ2n) is 7.51. The molecule has 0 saturated carbocycles. The topological polar surface area (TPSA) is 102 Å². The fourth-order valence-electron chi connectivity index (χ4n) is 3.70. The van der Waals surface area contributed by atoms with Crippen molar-refractivity contribution in [2.24, 2.45) is 5.92 Å². The molecule has 0 radical (unpaired) electrons. The lowest BCUT2D eigenvalue weighted by molar-refractivity contribution is -0.126.